The van der Waals surface area contributed by atoms with Crippen molar-refractivity contribution in [2.24, 2.45) is 0 Å². The average Bonchev–Trinajstić information content (AvgIpc) is 3.16. The average molecular weight is 324 g/mol. The Balaban J connectivity index is 1.56. The largest absolute Gasteiger partial charge is 0.491 e. The number of ether oxygens (including phenoxy) is 2. The fourth-order valence-corrected chi connectivity index (χ4v) is 2.30. The number of nitrogens with one attached hydrogen (secondary N) is 1. The molecule has 0 saturated heterocycles. The fraction of sp³-hybridized carbons (Fsp3) is 0.211. The molecule has 1 N–H and O–H groups in total. The van der Waals surface area contributed by atoms with Crippen LogP contribution in [-0.4, -0.2) is 25.3 Å². The summed E-state index contributed by atoms with van der Waals surface area (Å²) in [6.07, 6.45) is 3.14. The van der Waals surface area contributed by atoms with Gasteiger partial charge >= 0.3 is 0 Å². The molecule has 0 bridgehead atoms. The fourth-order valence-electron chi connectivity index (χ4n) is 2.30. The van der Waals surface area contributed by atoms with E-state index in [1.807, 2.05) is 42.5 Å². The molecular weight excluding hydrogens is 304 g/mol. The molecule has 124 valence electrons. The third-order valence-electron chi connectivity index (χ3n) is 3.55. The van der Waals surface area contributed by atoms with Gasteiger partial charge in [0.2, 0.25) is 0 Å². The Kier molecular flexibility index (Phi) is 5.48. The van der Waals surface area contributed by atoms with E-state index in [0.29, 0.717) is 13.2 Å². The Morgan fingerprint density at radius 3 is 2.71 bits per heavy atom. The van der Waals surface area contributed by atoms with Gasteiger partial charge < -0.3 is 19.2 Å². The molecule has 0 aliphatic rings. The van der Waals surface area contributed by atoms with Crippen molar-refractivity contribution in [1.82, 2.24) is 4.98 Å². The molecule has 3 rings (SSSR count). The first kappa shape index (κ1) is 16.1. The van der Waals surface area contributed by atoms with Crippen molar-refractivity contribution >= 4 is 5.69 Å². The Morgan fingerprint density at radius 1 is 1.08 bits per heavy atom. The minimum Gasteiger partial charge on any atom is -0.491 e. The van der Waals surface area contributed by atoms with Crippen molar-refractivity contribution in [1.29, 1.82) is 0 Å². The molecule has 0 amide bonds. The highest BCUT2D eigenvalue weighted by Crippen LogP contribution is 2.21. The van der Waals surface area contributed by atoms with E-state index in [9.17, 15) is 0 Å². The van der Waals surface area contributed by atoms with Gasteiger partial charge in [-0.3, -0.25) is 0 Å². The van der Waals surface area contributed by atoms with Gasteiger partial charge in [-0.25, -0.2) is 4.98 Å². The maximum absolute atomic E-state index is 5.63. The van der Waals surface area contributed by atoms with Crippen molar-refractivity contribution in [3.63, 3.8) is 0 Å². The molecule has 2 aromatic carbocycles. The molecule has 0 aliphatic heterocycles. The lowest BCUT2D eigenvalue weighted by Gasteiger charge is -2.10. The lowest BCUT2D eigenvalue weighted by molar-refractivity contribution is 0.146. The van der Waals surface area contributed by atoms with E-state index >= 15 is 0 Å². The second-order valence-corrected chi connectivity index (χ2v) is 5.29. The van der Waals surface area contributed by atoms with Crippen molar-refractivity contribution in [3.05, 3.63) is 66.7 Å². The quantitative estimate of drug-likeness (QED) is 0.635. The van der Waals surface area contributed by atoms with Crippen LogP contribution in [0.25, 0.3) is 11.3 Å². The number of rotatable bonds is 8. The second kappa shape index (κ2) is 8.17. The highest BCUT2D eigenvalue weighted by molar-refractivity contribution is 5.60. The maximum atomic E-state index is 5.63. The summed E-state index contributed by atoms with van der Waals surface area (Å²) in [4.78, 5) is 3.93. The molecule has 1 aromatic heterocycles. The van der Waals surface area contributed by atoms with E-state index in [4.69, 9.17) is 13.9 Å². The Labute approximate surface area is 141 Å². The van der Waals surface area contributed by atoms with E-state index in [1.54, 1.807) is 13.3 Å². The van der Waals surface area contributed by atoms with Crippen LogP contribution >= 0.6 is 0 Å². The van der Waals surface area contributed by atoms with Gasteiger partial charge in [-0.2, -0.15) is 0 Å². The van der Waals surface area contributed by atoms with Crippen LogP contribution in [0.2, 0.25) is 0 Å². The molecule has 0 fully saturated rings. The van der Waals surface area contributed by atoms with Crippen LogP contribution in [0, 0.1) is 0 Å². The normalized spacial score (nSPS) is 10.5. The first-order valence-corrected chi connectivity index (χ1v) is 7.78. The minimum atomic E-state index is 0.552. The summed E-state index contributed by atoms with van der Waals surface area (Å²) in [7, 11) is 1.66. The highest BCUT2D eigenvalue weighted by Gasteiger charge is 2.02. The number of anilines is 1. The van der Waals surface area contributed by atoms with Crippen LogP contribution in [0.5, 0.6) is 5.75 Å². The Morgan fingerprint density at radius 2 is 1.96 bits per heavy atom. The number of hydrogen-bond acceptors (Lipinski definition) is 5. The number of aromatic nitrogens is 1. The molecular formula is C19H20N2O3. The molecule has 0 spiro atoms. The zero-order valence-corrected chi connectivity index (χ0v) is 13.6. The second-order valence-electron chi connectivity index (χ2n) is 5.29. The first-order chi connectivity index (χ1) is 11.8. The number of methoxy groups -OCH3 is 1. The van der Waals surface area contributed by atoms with E-state index in [0.717, 1.165) is 34.9 Å². The molecule has 0 atom stereocenters. The van der Waals surface area contributed by atoms with Gasteiger partial charge in [0, 0.05) is 24.9 Å². The summed E-state index contributed by atoms with van der Waals surface area (Å²) in [5.41, 5.74) is 3.21. The SMILES string of the molecule is COCCOc1cccc(CNc2ccc(-c3cnco3)cc2)c1. The topological polar surface area (TPSA) is 56.5 Å². The molecule has 5 nitrogen and oxygen atoms in total. The van der Waals surface area contributed by atoms with Gasteiger partial charge in [0.05, 0.1) is 12.8 Å². The third-order valence-corrected chi connectivity index (χ3v) is 3.55. The summed E-state index contributed by atoms with van der Waals surface area (Å²) in [5, 5.41) is 3.40. The van der Waals surface area contributed by atoms with Gasteiger partial charge in [0.15, 0.2) is 12.2 Å². The van der Waals surface area contributed by atoms with Crippen molar-refractivity contribution < 1.29 is 13.9 Å². The number of oxazole rings is 1. The summed E-state index contributed by atoms with van der Waals surface area (Å²) >= 11 is 0. The van der Waals surface area contributed by atoms with Crippen molar-refractivity contribution in [2.75, 3.05) is 25.6 Å². The first-order valence-electron chi connectivity index (χ1n) is 7.78. The maximum Gasteiger partial charge on any atom is 0.181 e. The molecule has 0 aliphatic carbocycles. The molecule has 0 radical (unpaired) electrons. The van der Waals surface area contributed by atoms with Crippen LogP contribution in [0.1, 0.15) is 5.56 Å². The van der Waals surface area contributed by atoms with E-state index in [-0.39, 0.29) is 0 Å². The molecule has 24 heavy (non-hydrogen) atoms. The molecule has 3 aromatic rings. The Hall–Kier alpha value is -2.79. The predicted molar refractivity (Wildman–Crippen MR) is 93.1 cm³/mol. The summed E-state index contributed by atoms with van der Waals surface area (Å²) < 4.78 is 15.9. The van der Waals surface area contributed by atoms with Crippen LogP contribution in [-0.2, 0) is 11.3 Å². The summed E-state index contributed by atoms with van der Waals surface area (Å²) in [6, 6.07) is 16.1. The molecule has 5 heteroatoms. The lowest BCUT2D eigenvalue weighted by Crippen LogP contribution is -2.05. The highest BCUT2D eigenvalue weighted by atomic mass is 16.5. The smallest absolute Gasteiger partial charge is 0.181 e. The zero-order chi connectivity index (χ0) is 16.6. The molecule has 1 heterocycles. The van der Waals surface area contributed by atoms with Gasteiger partial charge in [-0.1, -0.05) is 12.1 Å². The summed E-state index contributed by atoms with van der Waals surface area (Å²) in [5.74, 6) is 1.62. The van der Waals surface area contributed by atoms with Gasteiger partial charge in [0.25, 0.3) is 0 Å². The summed E-state index contributed by atoms with van der Waals surface area (Å²) in [6.45, 7) is 1.86. The van der Waals surface area contributed by atoms with Crippen molar-refractivity contribution in [3.8, 4) is 17.1 Å². The van der Waals surface area contributed by atoms with E-state index in [2.05, 4.69) is 16.4 Å². The number of benzene rings is 2. The zero-order valence-electron chi connectivity index (χ0n) is 13.6. The number of hydrogen-bond donors (Lipinski definition) is 1. The third kappa shape index (κ3) is 4.36. The van der Waals surface area contributed by atoms with Crippen LogP contribution in [0.4, 0.5) is 5.69 Å². The molecule has 0 saturated carbocycles. The Bertz CT molecular complexity index is 740. The van der Waals surface area contributed by atoms with E-state index in [1.165, 1.54) is 6.39 Å². The minimum absolute atomic E-state index is 0.552. The standard InChI is InChI=1S/C19H20N2O3/c1-22-9-10-23-18-4-2-3-15(11-18)12-21-17-7-5-16(6-8-17)19-13-20-14-24-19/h2-8,11,13-14,21H,9-10,12H2,1H3. The lowest BCUT2D eigenvalue weighted by atomic mass is 10.1. The van der Waals surface area contributed by atoms with Gasteiger partial charge in [-0.15, -0.1) is 0 Å². The monoisotopic (exact) mass is 324 g/mol. The van der Waals surface area contributed by atoms with Crippen molar-refractivity contribution in [2.45, 2.75) is 6.54 Å². The predicted octanol–water partition coefficient (Wildman–Crippen LogP) is 3.98. The van der Waals surface area contributed by atoms with Gasteiger partial charge in [-0.05, 0) is 42.0 Å². The van der Waals surface area contributed by atoms with Gasteiger partial charge in [0.1, 0.15) is 12.4 Å². The molecule has 0 unspecified atom stereocenters. The van der Waals surface area contributed by atoms with Crippen LogP contribution < -0.4 is 10.1 Å². The van der Waals surface area contributed by atoms with E-state index < -0.39 is 0 Å². The van der Waals surface area contributed by atoms with Crippen LogP contribution in [0.15, 0.2) is 65.5 Å². The number of nitrogens with zero attached hydrogens (tertiary/aromatic N) is 1. The van der Waals surface area contributed by atoms with Crippen LogP contribution in [0.3, 0.4) is 0 Å².